The quantitative estimate of drug-likeness (QED) is 0.482. The molecule has 0 saturated carbocycles. The average molecular weight is 303 g/mol. The first kappa shape index (κ1) is 10.7. The van der Waals surface area contributed by atoms with Gasteiger partial charge < -0.3 is 24.0 Å². The summed E-state index contributed by atoms with van der Waals surface area (Å²) in [6, 6.07) is 8.48. The molecule has 0 aliphatic carbocycles. The molecule has 68 valence electrons. The highest BCUT2D eigenvalue weighted by molar-refractivity contribution is 7.13. The number of aryl methyl sites for hydroxylation is 1. The molecule has 0 saturated heterocycles. The molecule has 1 nitrogen and oxygen atoms in total. The molecule has 2 aromatic rings. The Morgan fingerprint density at radius 3 is 2.38 bits per heavy atom. The van der Waals surface area contributed by atoms with Crippen LogP contribution in [0.1, 0.15) is 0 Å². The summed E-state index contributed by atoms with van der Waals surface area (Å²) < 4.78 is 2.04. The summed E-state index contributed by atoms with van der Waals surface area (Å²) in [5, 5.41) is 2.10. The minimum atomic E-state index is 0. The summed E-state index contributed by atoms with van der Waals surface area (Å²) in [5.41, 5.74) is 1.29. The first-order valence-electron chi connectivity index (χ1n) is 3.85. The first-order valence-corrected chi connectivity index (χ1v) is 4.73. The summed E-state index contributed by atoms with van der Waals surface area (Å²) in [5.74, 6) is 0. The summed E-state index contributed by atoms with van der Waals surface area (Å²) in [7, 11) is 2.03. The third-order valence-corrected chi connectivity index (χ3v) is 2.70. The Kier molecular flexibility index (Phi) is 3.87. The molecule has 0 aliphatic rings. The Hall–Kier alpha value is -0.420. The number of halogens is 1. The van der Waals surface area contributed by atoms with Crippen LogP contribution >= 0.6 is 11.3 Å². The van der Waals surface area contributed by atoms with Crippen molar-refractivity contribution >= 4 is 11.3 Å². The zero-order valence-corrected chi connectivity index (χ0v) is 10.2. The van der Waals surface area contributed by atoms with Gasteiger partial charge in [-0.3, -0.25) is 0 Å². The van der Waals surface area contributed by atoms with Gasteiger partial charge in [0.15, 0.2) is 12.4 Å². The van der Waals surface area contributed by atoms with Crippen molar-refractivity contribution < 1.29 is 28.5 Å². The Morgan fingerprint density at radius 1 is 1.15 bits per heavy atom. The maximum absolute atomic E-state index is 2.14. The molecule has 0 fully saturated rings. The molecule has 2 rings (SSSR count). The van der Waals surface area contributed by atoms with E-state index >= 15 is 0 Å². The van der Waals surface area contributed by atoms with Crippen molar-refractivity contribution in [3.63, 3.8) is 0 Å². The highest BCUT2D eigenvalue weighted by Crippen LogP contribution is 2.22. The lowest BCUT2D eigenvalue weighted by Crippen LogP contribution is -3.00. The summed E-state index contributed by atoms with van der Waals surface area (Å²) >= 11 is 1.77. The van der Waals surface area contributed by atoms with Gasteiger partial charge in [0.25, 0.3) is 0 Å². The van der Waals surface area contributed by atoms with Crippen LogP contribution in [0.4, 0.5) is 0 Å². The van der Waals surface area contributed by atoms with Gasteiger partial charge in [0.2, 0.25) is 0 Å². The highest BCUT2D eigenvalue weighted by Gasteiger charge is 1.98. The maximum Gasteiger partial charge on any atom is 0.169 e. The minimum absolute atomic E-state index is 0. The lowest BCUT2D eigenvalue weighted by Gasteiger charge is -1.93. The number of nitrogens with zero attached hydrogens (tertiary/aromatic N) is 1. The van der Waals surface area contributed by atoms with Crippen LogP contribution in [0.25, 0.3) is 10.4 Å². The summed E-state index contributed by atoms with van der Waals surface area (Å²) in [4.78, 5) is 1.33. The van der Waals surface area contributed by atoms with Crippen molar-refractivity contribution in [3.05, 3.63) is 42.0 Å². The molecule has 0 amide bonds. The Labute approximate surface area is 99.1 Å². The minimum Gasteiger partial charge on any atom is -1.00 e. The monoisotopic (exact) mass is 303 g/mol. The Morgan fingerprint density at radius 2 is 1.85 bits per heavy atom. The zero-order chi connectivity index (χ0) is 8.39. The first-order chi connectivity index (χ1) is 5.86. The predicted molar refractivity (Wildman–Crippen MR) is 50.9 cm³/mol. The fourth-order valence-corrected chi connectivity index (χ4v) is 1.84. The predicted octanol–water partition coefficient (Wildman–Crippen LogP) is -0.756. The molecular weight excluding hydrogens is 293 g/mol. The summed E-state index contributed by atoms with van der Waals surface area (Å²) in [6.45, 7) is 0. The third-order valence-electron chi connectivity index (χ3n) is 1.78. The topological polar surface area (TPSA) is 3.88 Å². The van der Waals surface area contributed by atoms with Crippen molar-refractivity contribution in [1.82, 2.24) is 0 Å². The molecule has 2 heterocycles. The SMILES string of the molecule is C[n+]1ccc(-c2cccs2)cc1.[I-]. The van der Waals surface area contributed by atoms with Crippen LogP contribution in [0.3, 0.4) is 0 Å². The van der Waals surface area contributed by atoms with Crippen LogP contribution in [-0.4, -0.2) is 0 Å². The summed E-state index contributed by atoms with van der Waals surface area (Å²) in [6.07, 6.45) is 4.13. The molecule has 2 aromatic heterocycles. The van der Waals surface area contributed by atoms with Crippen molar-refractivity contribution in [2.45, 2.75) is 0 Å². The third kappa shape index (κ3) is 2.51. The fraction of sp³-hybridized carbons (Fsp3) is 0.100. The van der Waals surface area contributed by atoms with E-state index in [1.165, 1.54) is 10.4 Å². The van der Waals surface area contributed by atoms with Gasteiger partial charge in [-0.2, -0.15) is 0 Å². The Bertz CT molecular complexity index is 353. The van der Waals surface area contributed by atoms with Gasteiger partial charge >= 0.3 is 0 Å². The molecule has 0 aliphatic heterocycles. The second-order valence-corrected chi connectivity index (χ2v) is 3.68. The molecule has 3 heteroatoms. The number of aromatic nitrogens is 1. The zero-order valence-electron chi connectivity index (χ0n) is 7.27. The fourth-order valence-electron chi connectivity index (χ4n) is 1.11. The van der Waals surface area contributed by atoms with Gasteiger partial charge in [-0.25, -0.2) is 4.57 Å². The number of pyridine rings is 1. The second kappa shape index (κ2) is 4.72. The van der Waals surface area contributed by atoms with Gasteiger partial charge in [-0.15, -0.1) is 11.3 Å². The van der Waals surface area contributed by atoms with Gasteiger partial charge in [-0.05, 0) is 11.4 Å². The van der Waals surface area contributed by atoms with E-state index in [4.69, 9.17) is 0 Å². The molecule has 0 N–H and O–H groups in total. The van der Waals surface area contributed by atoms with E-state index in [-0.39, 0.29) is 24.0 Å². The lowest BCUT2D eigenvalue weighted by molar-refractivity contribution is -0.671. The molecule has 0 spiro atoms. The average Bonchev–Trinajstić information content (AvgIpc) is 2.58. The standard InChI is InChI=1S/C10H10NS.HI/c1-11-6-4-9(5-7-11)10-3-2-8-12-10;/h2-8H,1H3;1H/q+1;/p-1. The number of hydrogen-bond acceptors (Lipinski definition) is 1. The van der Waals surface area contributed by atoms with Gasteiger partial charge in [0.1, 0.15) is 7.05 Å². The van der Waals surface area contributed by atoms with E-state index in [1.54, 1.807) is 11.3 Å². The molecule has 13 heavy (non-hydrogen) atoms. The normalized spacial score (nSPS) is 9.31. The van der Waals surface area contributed by atoms with Crippen LogP contribution < -0.4 is 28.5 Å². The van der Waals surface area contributed by atoms with E-state index in [9.17, 15) is 0 Å². The van der Waals surface area contributed by atoms with E-state index in [2.05, 4.69) is 42.0 Å². The van der Waals surface area contributed by atoms with Crippen molar-refractivity contribution in [2.24, 2.45) is 7.05 Å². The largest absolute Gasteiger partial charge is 1.00 e. The van der Waals surface area contributed by atoms with Crippen LogP contribution in [-0.2, 0) is 7.05 Å². The highest BCUT2D eigenvalue weighted by atomic mass is 127. The van der Waals surface area contributed by atoms with Gasteiger partial charge in [-0.1, -0.05) is 6.07 Å². The second-order valence-electron chi connectivity index (χ2n) is 2.73. The van der Waals surface area contributed by atoms with Crippen molar-refractivity contribution in [1.29, 1.82) is 0 Å². The van der Waals surface area contributed by atoms with Crippen LogP contribution in [0, 0.1) is 0 Å². The van der Waals surface area contributed by atoms with E-state index < -0.39 is 0 Å². The molecule has 0 bridgehead atoms. The molecule has 0 atom stereocenters. The van der Waals surface area contributed by atoms with E-state index in [0.717, 1.165) is 0 Å². The number of thiophene rings is 1. The van der Waals surface area contributed by atoms with E-state index in [1.807, 2.05) is 11.6 Å². The van der Waals surface area contributed by atoms with Crippen LogP contribution in [0.15, 0.2) is 42.0 Å². The smallest absolute Gasteiger partial charge is 0.169 e. The van der Waals surface area contributed by atoms with Gasteiger partial charge in [0, 0.05) is 22.6 Å². The lowest BCUT2D eigenvalue weighted by atomic mass is 10.2. The van der Waals surface area contributed by atoms with Gasteiger partial charge in [0.05, 0.1) is 0 Å². The molecular formula is C10H10INS. The van der Waals surface area contributed by atoms with E-state index in [0.29, 0.717) is 0 Å². The Balaban J connectivity index is 0.000000845. The maximum atomic E-state index is 2.14. The molecule has 0 aromatic carbocycles. The number of hydrogen-bond donors (Lipinski definition) is 0. The van der Waals surface area contributed by atoms with Crippen LogP contribution in [0.2, 0.25) is 0 Å². The van der Waals surface area contributed by atoms with Crippen molar-refractivity contribution in [3.8, 4) is 10.4 Å². The number of rotatable bonds is 1. The van der Waals surface area contributed by atoms with Crippen molar-refractivity contribution in [2.75, 3.05) is 0 Å². The van der Waals surface area contributed by atoms with Crippen LogP contribution in [0.5, 0.6) is 0 Å². The molecule has 0 radical (unpaired) electrons. The molecule has 0 unspecified atom stereocenters.